The normalized spacial score (nSPS) is 26.3. The van der Waals surface area contributed by atoms with Crippen LogP contribution in [-0.2, 0) is 0 Å². The minimum atomic E-state index is 0.504. The lowest BCUT2D eigenvalue weighted by molar-refractivity contribution is 0.213. The van der Waals surface area contributed by atoms with E-state index in [1.807, 2.05) is 0 Å². The van der Waals surface area contributed by atoms with E-state index in [-0.39, 0.29) is 0 Å². The van der Waals surface area contributed by atoms with Gasteiger partial charge in [-0.05, 0) is 49.5 Å². The van der Waals surface area contributed by atoms with Gasteiger partial charge in [-0.1, -0.05) is 53.9 Å². The molecule has 0 aromatic carbocycles. The van der Waals surface area contributed by atoms with Crippen molar-refractivity contribution in [2.24, 2.45) is 17.3 Å². The van der Waals surface area contributed by atoms with E-state index in [9.17, 15) is 0 Å². The summed E-state index contributed by atoms with van der Waals surface area (Å²) >= 11 is 0. The van der Waals surface area contributed by atoms with Crippen LogP contribution in [0.4, 0.5) is 0 Å². The highest BCUT2D eigenvalue weighted by atomic mass is 14.9. The zero-order valence-corrected chi connectivity index (χ0v) is 13.4. The molecule has 1 aliphatic rings. The highest BCUT2D eigenvalue weighted by molar-refractivity contribution is 4.81. The summed E-state index contributed by atoms with van der Waals surface area (Å²) in [7, 11) is 0. The van der Waals surface area contributed by atoms with E-state index in [4.69, 9.17) is 0 Å². The summed E-state index contributed by atoms with van der Waals surface area (Å²) in [5.41, 5.74) is 0.504. The van der Waals surface area contributed by atoms with Crippen molar-refractivity contribution in [2.75, 3.05) is 6.54 Å². The summed E-state index contributed by atoms with van der Waals surface area (Å²) in [5, 5.41) is 3.84. The van der Waals surface area contributed by atoms with Crippen LogP contribution < -0.4 is 5.32 Å². The predicted molar refractivity (Wildman–Crippen MR) is 81.9 cm³/mol. The molecule has 0 aromatic rings. The molecule has 2 unspecified atom stereocenters. The first-order chi connectivity index (χ1) is 8.47. The largest absolute Gasteiger partial charge is 0.314 e. The minimum Gasteiger partial charge on any atom is -0.314 e. The zero-order valence-electron chi connectivity index (χ0n) is 13.4. The van der Waals surface area contributed by atoms with Gasteiger partial charge in [0.15, 0.2) is 0 Å². The van der Waals surface area contributed by atoms with Crippen molar-refractivity contribution in [1.29, 1.82) is 0 Å². The molecule has 18 heavy (non-hydrogen) atoms. The van der Waals surface area contributed by atoms with Gasteiger partial charge in [0, 0.05) is 6.04 Å². The van der Waals surface area contributed by atoms with Crippen LogP contribution >= 0.6 is 0 Å². The zero-order chi connectivity index (χ0) is 13.6. The summed E-state index contributed by atoms with van der Waals surface area (Å²) in [6.07, 6.45) is 9.70. The number of hydrogen-bond acceptors (Lipinski definition) is 1. The van der Waals surface area contributed by atoms with Crippen LogP contribution in [0, 0.1) is 17.3 Å². The molecule has 1 saturated carbocycles. The van der Waals surface area contributed by atoms with Gasteiger partial charge in [0.2, 0.25) is 0 Å². The van der Waals surface area contributed by atoms with Crippen LogP contribution in [-0.4, -0.2) is 12.6 Å². The van der Waals surface area contributed by atoms with Crippen LogP contribution in [0.3, 0.4) is 0 Å². The molecule has 0 spiro atoms. The molecule has 1 heteroatoms. The maximum Gasteiger partial charge on any atom is 0.00672 e. The summed E-state index contributed by atoms with van der Waals surface area (Å²) in [4.78, 5) is 0. The molecular formula is C17H35N. The highest BCUT2D eigenvalue weighted by Crippen LogP contribution is 2.36. The monoisotopic (exact) mass is 253 g/mol. The quantitative estimate of drug-likeness (QED) is 0.679. The Morgan fingerprint density at radius 3 is 2.22 bits per heavy atom. The number of nitrogens with one attached hydrogen (secondary N) is 1. The first-order valence-electron chi connectivity index (χ1n) is 8.20. The molecular weight excluding hydrogens is 218 g/mol. The van der Waals surface area contributed by atoms with Crippen LogP contribution in [0.25, 0.3) is 0 Å². The van der Waals surface area contributed by atoms with E-state index in [0.717, 1.165) is 17.9 Å². The summed E-state index contributed by atoms with van der Waals surface area (Å²) < 4.78 is 0. The molecule has 0 amide bonds. The van der Waals surface area contributed by atoms with Crippen LogP contribution in [0.5, 0.6) is 0 Å². The Balaban J connectivity index is 2.33. The van der Waals surface area contributed by atoms with Gasteiger partial charge in [-0.25, -0.2) is 0 Å². The lowest BCUT2D eigenvalue weighted by atomic mass is 9.76. The Morgan fingerprint density at radius 2 is 1.67 bits per heavy atom. The third-order valence-corrected chi connectivity index (χ3v) is 5.04. The van der Waals surface area contributed by atoms with Crippen molar-refractivity contribution in [2.45, 2.75) is 85.6 Å². The Kier molecular flexibility index (Phi) is 6.70. The lowest BCUT2D eigenvalue weighted by Gasteiger charge is -2.29. The van der Waals surface area contributed by atoms with Crippen molar-refractivity contribution < 1.29 is 0 Å². The molecule has 0 saturated heterocycles. The van der Waals surface area contributed by atoms with E-state index in [2.05, 4.69) is 39.9 Å². The Morgan fingerprint density at radius 1 is 1.00 bits per heavy atom. The van der Waals surface area contributed by atoms with Crippen molar-refractivity contribution in [3.63, 3.8) is 0 Å². The average Bonchev–Trinajstić information content (AvgIpc) is 2.55. The molecule has 1 nitrogen and oxygen atoms in total. The fourth-order valence-electron chi connectivity index (χ4n) is 3.28. The number of rotatable bonds is 5. The Bertz CT molecular complexity index is 212. The molecule has 1 N–H and O–H groups in total. The smallest absolute Gasteiger partial charge is 0.00672 e. The van der Waals surface area contributed by atoms with Crippen molar-refractivity contribution in [1.82, 2.24) is 5.32 Å². The van der Waals surface area contributed by atoms with Gasteiger partial charge in [-0.3, -0.25) is 0 Å². The number of hydrogen-bond donors (Lipinski definition) is 1. The van der Waals surface area contributed by atoms with E-state index in [1.54, 1.807) is 0 Å². The second kappa shape index (κ2) is 7.53. The van der Waals surface area contributed by atoms with Crippen molar-refractivity contribution in [3.05, 3.63) is 0 Å². The Hall–Kier alpha value is -0.0400. The molecule has 0 bridgehead atoms. The summed E-state index contributed by atoms with van der Waals surface area (Å²) in [5.74, 6) is 1.81. The summed E-state index contributed by atoms with van der Waals surface area (Å²) in [6, 6.07) is 0.790. The molecule has 0 aromatic heterocycles. The standard InChI is InChI=1S/C17H35N/c1-6-14(7-2)13-18-16-10-8-9-15(11-12-16)17(3,4)5/h14-16,18H,6-13H2,1-5H3. The van der Waals surface area contributed by atoms with Gasteiger partial charge in [-0.2, -0.15) is 0 Å². The second-order valence-corrected chi connectivity index (χ2v) is 7.36. The highest BCUT2D eigenvalue weighted by Gasteiger charge is 2.27. The van der Waals surface area contributed by atoms with Gasteiger partial charge < -0.3 is 5.32 Å². The third-order valence-electron chi connectivity index (χ3n) is 5.04. The van der Waals surface area contributed by atoms with Crippen molar-refractivity contribution in [3.8, 4) is 0 Å². The maximum atomic E-state index is 3.84. The maximum absolute atomic E-state index is 3.84. The molecule has 0 aliphatic heterocycles. The van der Waals surface area contributed by atoms with Crippen molar-refractivity contribution >= 4 is 0 Å². The molecule has 2 atom stereocenters. The first-order valence-corrected chi connectivity index (χ1v) is 8.20. The average molecular weight is 253 g/mol. The van der Waals surface area contributed by atoms with Gasteiger partial charge in [-0.15, -0.1) is 0 Å². The van der Waals surface area contributed by atoms with Crippen LogP contribution in [0.2, 0.25) is 0 Å². The van der Waals surface area contributed by atoms with Gasteiger partial charge >= 0.3 is 0 Å². The summed E-state index contributed by atoms with van der Waals surface area (Å²) in [6.45, 7) is 13.1. The second-order valence-electron chi connectivity index (χ2n) is 7.36. The van der Waals surface area contributed by atoms with Gasteiger partial charge in [0.1, 0.15) is 0 Å². The van der Waals surface area contributed by atoms with Crippen LogP contribution in [0.1, 0.15) is 79.6 Å². The fraction of sp³-hybridized carbons (Fsp3) is 1.00. The molecule has 1 rings (SSSR count). The van der Waals surface area contributed by atoms with Gasteiger partial charge in [0.05, 0.1) is 0 Å². The Labute approximate surface area is 115 Å². The third kappa shape index (κ3) is 5.30. The fourth-order valence-corrected chi connectivity index (χ4v) is 3.28. The molecule has 108 valence electrons. The minimum absolute atomic E-state index is 0.504. The van der Waals surface area contributed by atoms with E-state index >= 15 is 0 Å². The predicted octanol–water partition coefficient (Wildman–Crippen LogP) is 5.01. The van der Waals surface area contributed by atoms with E-state index < -0.39 is 0 Å². The van der Waals surface area contributed by atoms with Crippen LogP contribution in [0.15, 0.2) is 0 Å². The first kappa shape index (κ1) is 16.0. The SMILES string of the molecule is CCC(CC)CNC1CCCC(C(C)(C)C)CC1. The molecule has 0 heterocycles. The topological polar surface area (TPSA) is 12.0 Å². The lowest BCUT2D eigenvalue weighted by Crippen LogP contribution is -2.33. The molecule has 0 radical (unpaired) electrons. The molecule has 1 fully saturated rings. The van der Waals surface area contributed by atoms with Gasteiger partial charge in [0.25, 0.3) is 0 Å². The van der Waals surface area contributed by atoms with E-state index in [0.29, 0.717) is 5.41 Å². The molecule has 1 aliphatic carbocycles. The van der Waals surface area contributed by atoms with E-state index in [1.165, 1.54) is 51.5 Å².